The van der Waals surface area contributed by atoms with E-state index >= 15 is 0 Å². The lowest BCUT2D eigenvalue weighted by molar-refractivity contribution is -0.195. The number of ketones is 1. The summed E-state index contributed by atoms with van der Waals surface area (Å²) in [7, 11) is 0. The van der Waals surface area contributed by atoms with Gasteiger partial charge in [0.25, 0.3) is 11.8 Å². The Morgan fingerprint density at radius 2 is 1.46 bits per heavy atom. The van der Waals surface area contributed by atoms with Gasteiger partial charge >= 0.3 is 5.97 Å². The molecule has 3 amide bonds. The first kappa shape index (κ1) is 25.4. The number of anilines is 1. The molecule has 0 aromatic heterocycles. The maximum atomic E-state index is 12.8. The van der Waals surface area contributed by atoms with Crippen LogP contribution in [0.5, 0.6) is 0 Å². The van der Waals surface area contributed by atoms with Crippen LogP contribution in [0.25, 0.3) is 0 Å². The van der Waals surface area contributed by atoms with Gasteiger partial charge in [0, 0.05) is 43.7 Å². The van der Waals surface area contributed by atoms with Crippen molar-refractivity contribution in [2.45, 2.75) is 52.5 Å². The van der Waals surface area contributed by atoms with Crippen molar-refractivity contribution < 1.29 is 28.8 Å². The Morgan fingerprint density at radius 3 is 2.11 bits per heavy atom. The number of Topliss-reactive ketones (excluding diaryl/α,β-unsaturated/α-hetero) is 1. The van der Waals surface area contributed by atoms with E-state index in [0.717, 1.165) is 29.3 Å². The van der Waals surface area contributed by atoms with Gasteiger partial charge in [0.05, 0.1) is 12.2 Å². The molecule has 2 aliphatic heterocycles. The molecule has 0 aliphatic carbocycles. The van der Waals surface area contributed by atoms with Gasteiger partial charge in [-0.15, -0.1) is 5.06 Å². The first-order chi connectivity index (χ1) is 16.8. The smallest absolute Gasteiger partial charge is 0.330 e. The number of carbonyl (C=O) groups is 5. The highest BCUT2D eigenvalue weighted by molar-refractivity contribution is 6.01. The van der Waals surface area contributed by atoms with Crippen molar-refractivity contribution in [1.82, 2.24) is 5.06 Å². The number of amides is 3. The number of nitrogens with zero attached hydrogens (tertiary/aromatic N) is 2. The number of para-hydroxylation sites is 1. The van der Waals surface area contributed by atoms with Gasteiger partial charge < -0.3 is 14.5 Å². The second-order valence-electron chi connectivity index (χ2n) is 8.12. The van der Waals surface area contributed by atoms with Crippen molar-refractivity contribution in [3.63, 3.8) is 0 Å². The summed E-state index contributed by atoms with van der Waals surface area (Å²) in [6.07, 6.45) is 1.65. The van der Waals surface area contributed by atoms with E-state index in [0.29, 0.717) is 30.9 Å². The Hall–Kier alpha value is -4.25. The third-order valence-electron chi connectivity index (χ3n) is 5.32. The monoisotopic (exact) mass is 474 g/mol. The van der Waals surface area contributed by atoms with Crippen LogP contribution in [-0.2, 0) is 35.4 Å². The molecule has 0 bridgehead atoms. The van der Waals surface area contributed by atoms with Gasteiger partial charge in [0.2, 0.25) is 5.91 Å². The standard InChI is InChI=1S/C21H19NO2.C6H7NO4/c1-16(23)7-6-12-21(24)22-15-19-10-3-2-8-17(19)13-14-18-9-4-5-11-20(18)22;1-4(8)11-7-5(9)2-3-6(7)10/h2-5,8-11H,6-7,12,15H2,1H3;2-3H2,1H3. The van der Waals surface area contributed by atoms with Crippen molar-refractivity contribution in [1.29, 1.82) is 0 Å². The number of imide groups is 1. The van der Waals surface area contributed by atoms with Gasteiger partial charge in [-0.1, -0.05) is 42.2 Å². The van der Waals surface area contributed by atoms with Crippen LogP contribution in [0.2, 0.25) is 0 Å². The molecule has 8 nitrogen and oxygen atoms in total. The predicted molar refractivity (Wildman–Crippen MR) is 127 cm³/mol. The van der Waals surface area contributed by atoms with E-state index in [4.69, 9.17) is 0 Å². The van der Waals surface area contributed by atoms with Crippen molar-refractivity contribution in [2.75, 3.05) is 4.90 Å². The number of hydrogen-bond donors (Lipinski definition) is 0. The highest BCUT2D eigenvalue weighted by Crippen LogP contribution is 2.26. The molecule has 2 aromatic carbocycles. The zero-order chi connectivity index (χ0) is 25.4. The summed E-state index contributed by atoms with van der Waals surface area (Å²) in [5.74, 6) is 4.97. The van der Waals surface area contributed by atoms with Crippen molar-refractivity contribution in [3.05, 3.63) is 65.2 Å². The van der Waals surface area contributed by atoms with Crippen molar-refractivity contribution in [3.8, 4) is 11.8 Å². The Bertz CT molecular complexity index is 1210. The predicted octanol–water partition coefficient (Wildman–Crippen LogP) is 3.31. The molecule has 1 fully saturated rings. The number of benzene rings is 2. The molecule has 2 heterocycles. The Morgan fingerprint density at radius 1 is 0.857 bits per heavy atom. The Balaban J connectivity index is 0.000000261. The largest absolute Gasteiger partial charge is 0.331 e. The van der Waals surface area contributed by atoms with E-state index in [1.807, 2.05) is 48.5 Å². The fourth-order valence-electron chi connectivity index (χ4n) is 3.62. The second-order valence-corrected chi connectivity index (χ2v) is 8.12. The fourth-order valence-corrected chi connectivity index (χ4v) is 3.62. The zero-order valence-corrected chi connectivity index (χ0v) is 19.7. The lowest BCUT2D eigenvalue weighted by atomic mass is 10.0. The summed E-state index contributed by atoms with van der Waals surface area (Å²) in [4.78, 5) is 61.8. The maximum absolute atomic E-state index is 12.8. The minimum absolute atomic E-state index is 0.0298. The van der Waals surface area contributed by atoms with Gasteiger partial charge in [-0.05, 0) is 37.1 Å². The summed E-state index contributed by atoms with van der Waals surface area (Å²) in [5, 5.41) is 0.516. The third-order valence-corrected chi connectivity index (χ3v) is 5.32. The number of hydrogen-bond acceptors (Lipinski definition) is 6. The third kappa shape index (κ3) is 6.87. The molecule has 0 atom stereocenters. The van der Waals surface area contributed by atoms with E-state index in [1.165, 1.54) is 0 Å². The summed E-state index contributed by atoms with van der Waals surface area (Å²) in [5.41, 5.74) is 3.69. The summed E-state index contributed by atoms with van der Waals surface area (Å²) in [6, 6.07) is 15.6. The second kappa shape index (κ2) is 11.7. The number of fused-ring (bicyclic) bond motifs is 2. The van der Waals surface area contributed by atoms with E-state index in [9.17, 15) is 24.0 Å². The molecule has 2 aliphatic rings. The molecular formula is C27H26N2O6. The molecule has 0 unspecified atom stereocenters. The quantitative estimate of drug-likeness (QED) is 0.487. The normalized spacial score (nSPS) is 13.8. The van der Waals surface area contributed by atoms with Crippen molar-refractivity contribution >= 4 is 35.2 Å². The molecule has 8 heteroatoms. The zero-order valence-electron chi connectivity index (χ0n) is 19.7. The number of rotatable bonds is 5. The Kier molecular flexibility index (Phi) is 8.52. The lowest BCUT2D eigenvalue weighted by Gasteiger charge is -2.26. The van der Waals surface area contributed by atoms with E-state index in [2.05, 4.69) is 16.7 Å². The molecule has 0 spiro atoms. The van der Waals surface area contributed by atoms with Gasteiger partial charge in [-0.2, -0.15) is 0 Å². The average molecular weight is 475 g/mol. The molecule has 180 valence electrons. The molecule has 0 radical (unpaired) electrons. The summed E-state index contributed by atoms with van der Waals surface area (Å²) >= 11 is 0. The number of carbonyl (C=O) groups excluding carboxylic acids is 5. The van der Waals surface area contributed by atoms with Crippen LogP contribution in [0.15, 0.2) is 48.5 Å². The minimum Gasteiger partial charge on any atom is -0.331 e. The van der Waals surface area contributed by atoms with E-state index < -0.39 is 17.8 Å². The highest BCUT2D eigenvalue weighted by Gasteiger charge is 2.31. The van der Waals surface area contributed by atoms with Crippen LogP contribution < -0.4 is 4.90 Å². The topological polar surface area (TPSA) is 101 Å². The van der Waals surface area contributed by atoms with Crippen LogP contribution >= 0.6 is 0 Å². The van der Waals surface area contributed by atoms with Crippen LogP contribution in [0.1, 0.15) is 62.6 Å². The maximum Gasteiger partial charge on any atom is 0.330 e. The fraction of sp³-hybridized carbons (Fsp3) is 0.296. The molecule has 0 N–H and O–H groups in total. The summed E-state index contributed by atoms with van der Waals surface area (Å²) in [6.45, 7) is 3.20. The van der Waals surface area contributed by atoms with Gasteiger partial charge in [0.15, 0.2) is 0 Å². The van der Waals surface area contributed by atoms with Crippen LogP contribution in [0.4, 0.5) is 5.69 Å². The SMILES string of the molecule is CC(=O)CCCC(=O)N1Cc2ccccc2C#Cc2ccccc21.CC(=O)ON1C(=O)CCC1=O. The molecule has 1 saturated heterocycles. The molecule has 2 aromatic rings. The summed E-state index contributed by atoms with van der Waals surface area (Å²) < 4.78 is 0. The highest BCUT2D eigenvalue weighted by atomic mass is 16.7. The molecular weight excluding hydrogens is 448 g/mol. The van der Waals surface area contributed by atoms with E-state index in [1.54, 1.807) is 11.8 Å². The minimum atomic E-state index is -0.659. The Labute approximate surface area is 203 Å². The van der Waals surface area contributed by atoms with E-state index in [-0.39, 0.29) is 24.5 Å². The van der Waals surface area contributed by atoms with Gasteiger partial charge in [0.1, 0.15) is 5.78 Å². The van der Waals surface area contributed by atoms with Crippen LogP contribution in [-0.4, -0.2) is 34.5 Å². The van der Waals surface area contributed by atoms with Crippen LogP contribution in [0.3, 0.4) is 0 Å². The van der Waals surface area contributed by atoms with Crippen LogP contribution in [0, 0.1) is 11.8 Å². The van der Waals surface area contributed by atoms with Gasteiger partial charge in [-0.25, -0.2) is 4.79 Å². The average Bonchev–Trinajstić information content (AvgIpc) is 3.12. The number of hydroxylamine groups is 2. The first-order valence-electron chi connectivity index (χ1n) is 11.3. The molecule has 0 saturated carbocycles. The molecule has 4 rings (SSSR count). The van der Waals surface area contributed by atoms with Crippen molar-refractivity contribution in [2.24, 2.45) is 0 Å². The first-order valence-corrected chi connectivity index (χ1v) is 11.3. The van der Waals surface area contributed by atoms with Gasteiger partial charge in [-0.3, -0.25) is 14.4 Å². The lowest BCUT2D eigenvalue weighted by Crippen LogP contribution is -2.31. The molecule has 35 heavy (non-hydrogen) atoms.